The van der Waals surface area contributed by atoms with Gasteiger partial charge in [-0.1, -0.05) is 0 Å². The third-order valence-corrected chi connectivity index (χ3v) is 1.35. The Bertz CT molecular complexity index is 385. The molecule has 0 saturated heterocycles. The number of rotatable bonds is 2. The van der Waals surface area contributed by atoms with Crippen molar-refractivity contribution >= 4 is 12.2 Å². The molecule has 5 N–H and O–H groups in total. The van der Waals surface area contributed by atoms with Gasteiger partial charge in [0.15, 0.2) is 11.6 Å². The van der Waals surface area contributed by atoms with Crippen LogP contribution in [0.4, 0.5) is 4.39 Å². The van der Waals surface area contributed by atoms with E-state index in [2.05, 4.69) is 10.2 Å². The molecule has 5 nitrogen and oxygen atoms in total. The molecule has 0 unspecified atom stereocenters. The molecule has 0 atom stereocenters. The van der Waals surface area contributed by atoms with E-state index in [1.165, 1.54) is 18.3 Å². The normalized spacial score (nSPS) is 10.4. The predicted molar refractivity (Wildman–Crippen MR) is 51.5 cm³/mol. The maximum atomic E-state index is 12.8. The molecular formula is C8H9FN4O. The van der Waals surface area contributed by atoms with E-state index in [1.807, 2.05) is 0 Å². The molecular weight excluding hydrogens is 187 g/mol. The highest BCUT2D eigenvalue weighted by Gasteiger charge is 1.98. The number of nitrogens with two attached hydrogens (primary N) is 2. The molecule has 0 heterocycles. The van der Waals surface area contributed by atoms with Gasteiger partial charge in [0.1, 0.15) is 0 Å². The number of nitrogens with zero attached hydrogens (tertiary/aromatic N) is 2. The van der Waals surface area contributed by atoms with Gasteiger partial charge in [0.2, 0.25) is 5.96 Å². The Kier molecular flexibility index (Phi) is 3.01. The second-order valence-corrected chi connectivity index (χ2v) is 2.48. The summed E-state index contributed by atoms with van der Waals surface area (Å²) in [6.45, 7) is 0. The molecule has 14 heavy (non-hydrogen) atoms. The van der Waals surface area contributed by atoms with E-state index in [-0.39, 0.29) is 5.96 Å². The number of phenols is 1. The highest BCUT2D eigenvalue weighted by molar-refractivity contribution is 5.81. The topological polar surface area (TPSA) is 97.0 Å². The number of aromatic hydroxyl groups is 1. The summed E-state index contributed by atoms with van der Waals surface area (Å²) in [6, 6.07) is 3.80. The molecule has 6 heteroatoms. The van der Waals surface area contributed by atoms with Gasteiger partial charge in [-0.05, 0) is 23.8 Å². The minimum Gasteiger partial charge on any atom is -0.505 e. The summed E-state index contributed by atoms with van der Waals surface area (Å²) in [6.07, 6.45) is 1.27. The van der Waals surface area contributed by atoms with Gasteiger partial charge < -0.3 is 16.6 Å². The highest BCUT2D eigenvalue weighted by atomic mass is 19.1. The summed E-state index contributed by atoms with van der Waals surface area (Å²) in [5.74, 6) is -1.32. The van der Waals surface area contributed by atoms with E-state index in [1.54, 1.807) is 0 Å². The van der Waals surface area contributed by atoms with Gasteiger partial charge in [0.25, 0.3) is 0 Å². The Hall–Kier alpha value is -2.11. The van der Waals surface area contributed by atoms with Gasteiger partial charge in [0, 0.05) is 0 Å². The predicted octanol–water partition coefficient (Wildman–Crippen LogP) is 0.139. The summed E-state index contributed by atoms with van der Waals surface area (Å²) >= 11 is 0. The lowest BCUT2D eigenvalue weighted by Crippen LogP contribution is -2.21. The van der Waals surface area contributed by atoms with Crippen LogP contribution in [0.25, 0.3) is 0 Å². The molecule has 0 aliphatic heterocycles. The zero-order valence-electron chi connectivity index (χ0n) is 7.18. The van der Waals surface area contributed by atoms with E-state index in [0.29, 0.717) is 5.56 Å². The van der Waals surface area contributed by atoms with Gasteiger partial charge in [-0.25, -0.2) is 4.39 Å². The average molecular weight is 196 g/mol. The molecule has 0 aromatic heterocycles. The van der Waals surface area contributed by atoms with Crippen molar-refractivity contribution in [2.24, 2.45) is 21.7 Å². The van der Waals surface area contributed by atoms with Crippen molar-refractivity contribution in [1.29, 1.82) is 0 Å². The SMILES string of the molecule is NC(N)=N/N=C/c1ccc(O)c(F)c1. The Morgan fingerprint density at radius 1 is 1.43 bits per heavy atom. The molecule has 0 spiro atoms. The largest absolute Gasteiger partial charge is 0.505 e. The molecule has 0 aliphatic carbocycles. The molecule has 0 radical (unpaired) electrons. The maximum Gasteiger partial charge on any atom is 0.211 e. The van der Waals surface area contributed by atoms with Gasteiger partial charge in [-0.3, -0.25) is 0 Å². The lowest BCUT2D eigenvalue weighted by Gasteiger charge is -1.95. The summed E-state index contributed by atoms with van der Waals surface area (Å²) in [7, 11) is 0. The minimum absolute atomic E-state index is 0.180. The number of phenolic OH excluding ortho intramolecular Hbond substituents is 1. The zero-order chi connectivity index (χ0) is 10.6. The van der Waals surface area contributed by atoms with Crippen molar-refractivity contribution in [2.75, 3.05) is 0 Å². The van der Waals surface area contributed by atoms with Crippen molar-refractivity contribution in [2.45, 2.75) is 0 Å². The first kappa shape index (κ1) is 9.97. The van der Waals surface area contributed by atoms with Crippen LogP contribution in [0.2, 0.25) is 0 Å². The Morgan fingerprint density at radius 2 is 2.14 bits per heavy atom. The van der Waals surface area contributed by atoms with Crippen molar-refractivity contribution < 1.29 is 9.50 Å². The standard InChI is InChI=1S/C8H9FN4O/c9-6-3-5(1-2-7(6)14)4-12-13-8(10)11/h1-4,14H,(H4,10,11,13)/b12-4+. The lowest BCUT2D eigenvalue weighted by atomic mass is 10.2. The first-order chi connectivity index (χ1) is 6.59. The van der Waals surface area contributed by atoms with Crippen LogP contribution in [0.15, 0.2) is 28.4 Å². The van der Waals surface area contributed by atoms with Gasteiger partial charge >= 0.3 is 0 Å². The van der Waals surface area contributed by atoms with E-state index >= 15 is 0 Å². The fraction of sp³-hybridized carbons (Fsp3) is 0. The van der Waals surface area contributed by atoms with Crippen LogP contribution in [0, 0.1) is 5.82 Å². The molecule has 1 aromatic rings. The van der Waals surface area contributed by atoms with E-state index in [0.717, 1.165) is 6.07 Å². The average Bonchev–Trinajstić information content (AvgIpc) is 2.10. The summed E-state index contributed by atoms with van der Waals surface area (Å²) in [5, 5.41) is 15.7. The first-order valence-corrected chi connectivity index (χ1v) is 3.70. The van der Waals surface area contributed by atoms with Crippen LogP contribution in [-0.4, -0.2) is 17.3 Å². The third-order valence-electron chi connectivity index (χ3n) is 1.35. The number of benzene rings is 1. The van der Waals surface area contributed by atoms with E-state index in [9.17, 15) is 4.39 Å². The Labute approximate surface area is 79.6 Å². The molecule has 0 aliphatic rings. The molecule has 0 amide bonds. The fourth-order valence-corrected chi connectivity index (χ4v) is 0.766. The Balaban J connectivity index is 2.83. The summed E-state index contributed by atoms with van der Waals surface area (Å²) in [4.78, 5) is 0. The van der Waals surface area contributed by atoms with E-state index < -0.39 is 11.6 Å². The fourth-order valence-electron chi connectivity index (χ4n) is 0.766. The monoisotopic (exact) mass is 196 g/mol. The maximum absolute atomic E-state index is 12.8. The van der Waals surface area contributed by atoms with Crippen LogP contribution in [-0.2, 0) is 0 Å². The molecule has 0 saturated carbocycles. The number of guanidine groups is 1. The van der Waals surface area contributed by atoms with Crippen molar-refractivity contribution in [3.63, 3.8) is 0 Å². The summed E-state index contributed by atoms with van der Waals surface area (Å²) in [5.41, 5.74) is 10.5. The zero-order valence-corrected chi connectivity index (χ0v) is 7.18. The van der Waals surface area contributed by atoms with Crippen molar-refractivity contribution in [1.82, 2.24) is 0 Å². The lowest BCUT2D eigenvalue weighted by molar-refractivity contribution is 0.432. The molecule has 0 bridgehead atoms. The molecule has 74 valence electrons. The number of hydrogen-bond donors (Lipinski definition) is 3. The smallest absolute Gasteiger partial charge is 0.211 e. The Morgan fingerprint density at radius 3 is 2.71 bits per heavy atom. The highest BCUT2D eigenvalue weighted by Crippen LogP contribution is 2.14. The van der Waals surface area contributed by atoms with Gasteiger partial charge in [-0.15, -0.1) is 5.10 Å². The number of hydrogen-bond acceptors (Lipinski definition) is 3. The van der Waals surface area contributed by atoms with Crippen LogP contribution in [0.5, 0.6) is 5.75 Å². The quantitative estimate of drug-likeness (QED) is 0.356. The second kappa shape index (κ2) is 4.22. The van der Waals surface area contributed by atoms with Gasteiger partial charge in [0.05, 0.1) is 6.21 Å². The van der Waals surface area contributed by atoms with Crippen LogP contribution in [0.3, 0.4) is 0 Å². The van der Waals surface area contributed by atoms with Crippen LogP contribution < -0.4 is 11.5 Å². The number of halogens is 1. The second-order valence-electron chi connectivity index (χ2n) is 2.48. The van der Waals surface area contributed by atoms with Crippen molar-refractivity contribution in [3.05, 3.63) is 29.6 Å². The first-order valence-electron chi connectivity index (χ1n) is 3.70. The van der Waals surface area contributed by atoms with Crippen molar-refractivity contribution in [3.8, 4) is 5.75 Å². The third kappa shape index (κ3) is 2.74. The van der Waals surface area contributed by atoms with Crippen LogP contribution in [0.1, 0.15) is 5.56 Å². The summed E-state index contributed by atoms with van der Waals surface area (Å²) < 4.78 is 12.8. The van der Waals surface area contributed by atoms with Crippen LogP contribution >= 0.6 is 0 Å². The van der Waals surface area contributed by atoms with Gasteiger partial charge in [-0.2, -0.15) is 5.10 Å². The molecule has 1 aromatic carbocycles. The molecule has 1 rings (SSSR count). The van der Waals surface area contributed by atoms with E-state index in [4.69, 9.17) is 16.6 Å². The molecule has 0 fully saturated rings. The minimum atomic E-state index is -0.723.